The summed E-state index contributed by atoms with van der Waals surface area (Å²) in [4.78, 5) is 4.82. The van der Waals surface area contributed by atoms with Gasteiger partial charge in [0.25, 0.3) is 0 Å². The zero-order valence-electron chi connectivity index (χ0n) is 11.7. The maximum atomic E-state index is 6.40. The highest BCUT2D eigenvalue weighted by molar-refractivity contribution is 5.92. The van der Waals surface area contributed by atoms with Gasteiger partial charge in [-0.2, -0.15) is 0 Å². The van der Waals surface area contributed by atoms with E-state index in [0.29, 0.717) is 0 Å². The third-order valence-corrected chi connectivity index (χ3v) is 4.19. The highest BCUT2D eigenvalue weighted by atomic mass is 14.7. The Labute approximate surface area is 115 Å². The van der Waals surface area contributed by atoms with E-state index in [2.05, 4.69) is 25.1 Å². The van der Waals surface area contributed by atoms with Gasteiger partial charge in [0.15, 0.2) is 0 Å². The number of pyridine rings is 1. The molecule has 1 aromatic heterocycles. The number of nitrogens with two attached hydrogens (primary N) is 1. The lowest BCUT2D eigenvalue weighted by atomic mass is 9.92. The first-order valence-electron chi connectivity index (χ1n) is 7.49. The zero-order valence-corrected chi connectivity index (χ0v) is 11.7. The fourth-order valence-corrected chi connectivity index (χ4v) is 3.04. The number of nitrogens with zero attached hydrogens (tertiary/aromatic N) is 1. The minimum Gasteiger partial charge on any atom is -0.398 e. The van der Waals surface area contributed by atoms with E-state index in [9.17, 15) is 0 Å². The summed E-state index contributed by atoms with van der Waals surface area (Å²) in [6.07, 6.45) is 8.30. The molecule has 0 fully saturated rings. The minimum atomic E-state index is 0.984. The van der Waals surface area contributed by atoms with Crippen LogP contribution >= 0.6 is 0 Å². The first kappa shape index (κ1) is 12.5. The van der Waals surface area contributed by atoms with E-state index in [1.807, 2.05) is 0 Å². The Bertz CT molecular complexity index is 602. The Morgan fingerprint density at radius 3 is 2.89 bits per heavy atom. The number of hydrogen-bond acceptors (Lipinski definition) is 2. The van der Waals surface area contributed by atoms with Crippen molar-refractivity contribution >= 4 is 16.6 Å². The van der Waals surface area contributed by atoms with Gasteiger partial charge < -0.3 is 5.73 Å². The van der Waals surface area contributed by atoms with Crippen LogP contribution in [0.1, 0.15) is 49.4 Å². The van der Waals surface area contributed by atoms with Crippen LogP contribution in [0.25, 0.3) is 10.9 Å². The standard InChI is InChI=1S/C17H22N2/c1-2-3-6-12-9-10-16-14(11-12)17(18)13-7-4-5-8-15(13)19-16/h9-11H,2-8H2,1H3,(H2,18,19). The number of unbranched alkanes of at least 4 members (excludes halogenated alkanes) is 1. The van der Waals surface area contributed by atoms with Crippen molar-refractivity contribution < 1.29 is 0 Å². The predicted molar refractivity (Wildman–Crippen MR) is 81.4 cm³/mol. The van der Waals surface area contributed by atoms with E-state index in [-0.39, 0.29) is 0 Å². The van der Waals surface area contributed by atoms with E-state index < -0.39 is 0 Å². The van der Waals surface area contributed by atoms with E-state index in [4.69, 9.17) is 10.7 Å². The molecule has 2 aromatic rings. The van der Waals surface area contributed by atoms with Crippen LogP contribution in [0.2, 0.25) is 0 Å². The van der Waals surface area contributed by atoms with Crippen molar-refractivity contribution in [1.29, 1.82) is 0 Å². The first-order chi connectivity index (χ1) is 9.29. The Hall–Kier alpha value is -1.57. The number of benzene rings is 1. The van der Waals surface area contributed by atoms with Gasteiger partial charge in [0.1, 0.15) is 0 Å². The van der Waals surface area contributed by atoms with Crippen LogP contribution in [-0.4, -0.2) is 4.98 Å². The summed E-state index contributed by atoms with van der Waals surface area (Å²) in [6, 6.07) is 6.60. The van der Waals surface area contributed by atoms with Crippen LogP contribution in [0, 0.1) is 0 Å². The largest absolute Gasteiger partial charge is 0.398 e. The van der Waals surface area contributed by atoms with Gasteiger partial charge in [-0.05, 0) is 61.8 Å². The van der Waals surface area contributed by atoms with Crippen molar-refractivity contribution in [1.82, 2.24) is 4.98 Å². The summed E-state index contributed by atoms with van der Waals surface area (Å²) in [5.74, 6) is 0. The molecule has 1 heterocycles. The normalized spacial score (nSPS) is 14.6. The molecular weight excluding hydrogens is 232 g/mol. The zero-order chi connectivity index (χ0) is 13.2. The second-order valence-electron chi connectivity index (χ2n) is 5.61. The number of fused-ring (bicyclic) bond motifs is 2. The summed E-state index contributed by atoms with van der Waals surface area (Å²) in [6.45, 7) is 2.23. The van der Waals surface area contributed by atoms with Crippen molar-refractivity contribution in [2.24, 2.45) is 0 Å². The molecule has 0 saturated heterocycles. The molecular formula is C17H22N2. The van der Waals surface area contributed by atoms with Crippen molar-refractivity contribution in [3.63, 3.8) is 0 Å². The topological polar surface area (TPSA) is 38.9 Å². The van der Waals surface area contributed by atoms with Gasteiger partial charge in [-0.15, -0.1) is 0 Å². The van der Waals surface area contributed by atoms with Gasteiger partial charge in [0.05, 0.1) is 5.52 Å². The lowest BCUT2D eigenvalue weighted by Crippen LogP contribution is -2.09. The molecule has 1 aromatic carbocycles. The van der Waals surface area contributed by atoms with Gasteiger partial charge >= 0.3 is 0 Å². The van der Waals surface area contributed by atoms with Gasteiger partial charge in [0.2, 0.25) is 0 Å². The molecule has 0 amide bonds. The molecule has 0 saturated carbocycles. The van der Waals surface area contributed by atoms with Gasteiger partial charge in [-0.25, -0.2) is 0 Å². The molecule has 0 unspecified atom stereocenters. The lowest BCUT2D eigenvalue weighted by molar-refractivity contribution is 0.673. The molecule has 0 aliphatic heterocycles. The van der Waals surface area contributed by atoms with Crippen molar-refractivity contribution in [3.8, 4) is 0 Å². The number of rotatable bonds is 3. The quantitative estimate of drug-likeness (QED) is 0.897. The molecule has 0 atom stereocenters. The molecule has 2 heteroatoms. The summed E-state index contributed by atoms with van der Waals surface area (Å²) in [5.41, 5.74) is 12.4. The monoisotopic (exact) mass is 254 g/mol. The first-order valence-corrected chi connectivity index (χ1v) is 7.49. The third-order valence-electron chi connectivity index (χ3n) is 4.19. The lowest BCUT2D eigenvalue weighted by Gasteiger charge is -2.18. The van der Waals surface area contributed by atoms with Crippen molar-refractivity contribution in [3.05, 3.63) is 35.0 Å². The van der Waals surface area contributed by atoms with Crippen LogP contribution in [0.4, 0.5) is 5.69 Å². The molecule has 19 heavy (non-hydrogen) atoms. The average molecular weight is 254 g/mol. The van der Waals surface area contributed by atoms with Crippen molar-refractivity contribution in [2.45, 2.75) is 51.9 Å². The maximum Gasteiger partial charge on any atom is 0.0726 e. The summed E-state index contributed by atoms with van der Waals surface area (Å²) >= 11 is 0. The third kappa shape index (κ3) is 2.32. The minimum absolute atomic E-state index is 0.984. The summed E-state index contributed by atoms with van der Waals surface area (Å²) in [7, 11) is 0. The van der Waals surface area contributed by atoms with Crippen LogP contribution < -0.4 is 5.73 Å². The van der Waals surface area contributed by atoms with E-state index in [1.165, 1.54) is 42.5 Å². The Balaban J connectivity index is 2.09. The number of aryl methyl sites for hydroxylation is 2. The van der Waals surface area contributed by atoms with E-state index in [0.717, 1.165) is 35.9 Å². The smallest absolute Gasteiger partial charge is 0.0726 e. The molecule has 100 valence electrons. The van der Waals surface area contributed by atoms with Crippen molar-refractivity contribution in [2.75, 3.05) is 5.73 Å². The van der Waals surface area contributed by atoms with E-state index >= 15 is 0 Å². The highest BCUT2D eigenvalue weighted by Gasteiger charge is 2.16. The Morgan fingerprint density at radius 2 is 2.05 bits per heavy atom. The number of hydrogen-bond donors (Lipinski definition) is 1. The molecule has 0 radical (unpaired) electrons. The molecule has 2 nitrogen and oxygen atoms in total. The fraction of sp³-hybridized carbons (Fsp3) is 0.471. The van der Waals surface area contributed by atoms with Crippen LogP contribution in [0.3, 0.4) is 0 Å². The number of aromatic nitrogens is 1. The molecule has 3 rings (SSSR count). The van der Waals surface area contributed by atoms with Gasteiger partial charge in [0, 0.05) is 16.8 Å². The second kappa shape index (κ2) is 5.20. The average Bonchev–Trinajstić information content (AvgIpc) is 2.46. The van der Waals surface area contributed by atoms with Gasteiger partial charge in [-0.1, -0.05) is 19.4 Å². The fourth-order valence-electron chi connectivity index (χ4n) is 3.04. The molecule has 0 bridgehead atoms. The predicted octanol–water partition coefficient (Wildman–Crippen LogP) is 4.04. The maximum absolute atomic E-state index is 6.40. The SMILES string of the molecule is CCCCc1ccc2nc3c(c(N)c2c1)CCCC3. The molecule has 2 N–H and O–H groups in total. The number of nitrogen functional groups attached to an aromatic ring is 1. The number of anilines is 1. The Morgan fingerprint density at radius 1 is 1.21 bits per heavy atom. The summed E-state index contributed by atoms with van der Waals surface area (Å²) in [5, 5.41) is 1.16. The molecule has 0 spiro atoms. The van der Waals surface area contributed by atoms with Gasteiger partial charge in [-0.3, -0.25) is 4.98 Å². The summed E-state index contributed by atoms with van der Waals surface area (Å²) < 4.78 is 0. The van der Waals surface area contributed by atoms with Crippen LogP contribution in [0.5, 0.6) is 0 Å². The van der Waals surface area contributed by atoms with Crippen LogP contribution in [0.15, 0.2) is 18.2 Å². The van der Waals surface area contributed by atoms with Crippen LogP contribution in [-0.2, 0) is 19.3 Å². The molecule has 1 aliphatic rings. The Kier molecular flexibility index (Phi) is 3.41. The molecule has 1 aliphatic carbocycles. The highest BCUT2D eigenvalue weighted by Crippen LogP contribution is 2.31. The second-order valence-corrected chi connectivity index (χ2v) is 5.61. The van der Waals surface area contributed by atoms with E-state index in [1.54, 1.807) is 0 Å².